The molecule has 156 valence electrons. The van der Waals surface area contributed by atoms with E-state index in [1.165, 1.54) is 5.56 Å². The molecule has 3 aromatic rings. The number of rotatable bonds is 5. The van der Waals surface area contributed by atoms with Crippen molar-refractivity contribution >= 4 is 0 Å². The van der Waals surface area contributed by atoms with Crippen LogP contribution >= 0.6 is 0 Å². The first-order valence-corrected chi connectivity index (χ1v) is 10.5. The topological polar surface area (TPSA) is 63.9 Å². The smallest absolute Gasteiger partial charge is 0.241 e. The number of ether oxygens (including phenoxy) is 2. The standard InChI is InChI=1S/C23H26N4O3/c1-17-5-2-3-7-19(17)23-24-21(30-25-23)16-27-11-9-26(10-12-27)15-18-6-4-8-20-22(18)29-14-13-28-20/h2-8H,9-16H2,1H3. The molecule has 5 rings (SSSR count). The van der Waals surface area contributed by atoms with Crippen LogP contribution in [0, 0.1) is 6.92 Å². The summed E-state index contributed by atoms with van der Waals surface area (Å²) in [7, 11) is 0. The zero-order valence-corrected chi connectivity index (χ0v) is 17.2. The maximum atomic E-state index is 5.85. The van der Waals surface area contributed by atoms with Crippen molar-refractivity contribution in [3.8, 4) is 22.9 Å². The summed E-state index contributed by atoms with van der Waals surface area (Å²) in [5, 5.41) is 4.18. The van der Waals surface area contributed by atoms with Crippen molar-refractivity contribution in [1.29, 1.82) is 0 Å². The normalized spacial score (nSPS) is 17.2. The van der Waals surface area contributed by atoms with Crippen LogP contribution in [0.5, 0.6) is 11.5 Å². The Balaban J connectivity index is 1.17. The fourth-order valence-electron chi connectivity index (χ4n) is 4.05. The Morgan fingerprint density at radius 1 is 0.867 bits per heavy atom. The third kappa shape index (κ3) is 4.04. The molecule has 2 aliphatic heterocycles. The van der Waals surface area contributed by atoms with Gasteiger partial charge in [0.15, 0.2) is 11.5 Å². The Morgan fingerprint density at radius 3 is 2.47 bits per heavy atom. The molecule has 0 aliphatic carbocycles. The molecular formula is C23H26N4O3. The molecule has 2 aliphatic rings. The van der Waals surface area contributed by atoms with Crippen molar-refractivity contribution in [3.05, 3.63) is 59.5 Å². The average Bonchev–Trinajstić information content (AvgIpc) is 3.24. The van der Waals surface area contributed by atoms with Gasteiger partial charge in [-0.1, -0.05) is 41.6 Å². The molecule has 7 heteroatoms. The van der Waals surface area contributed by atoms with E-state index < -0.39 is 0 Å². The highest BCUT2D eigenvalue weighted by Crippen LogP contribution is 2.34. The van der Waals surface area contributed by atoms with E-state index in [9.17, 15) is 0 Å². The Labute approximate surface area is 176 Å². The molecule has 0 saturated carbocycles. The van der Waals surface area contributed by atoms with E-state index in [0.717, 1.165) is 55.3 Å². The molecule has 30 heavy (non-hydrogen) atoms. The minimum Gasteiger partial charge on any atom is -0.486 e. The minimum absolute atomic E-state index is 0.618. The quantitative estimate of drug-likeness (QED) is 0.645. The van der Waals surface area contributed by atoms with Crippen molar-refractivity contribution in [2.24, 2.45) is 0 Å². The molecule has 1 aromatic heterocycles. The summed E-state index contributed by atoms with van der Waals surface area (Å²) in [6, 6.07) is 14.3. The van der Waals surface area contributed by atoms with Gasteiger partial charge in [0.1, 0.15) is 13.2 Å². The fraction of sp³-hybridized carbons (Fsp3) is 0.391. The number of piperazine rings is 1. The van der Waals surface area contributed by atoms with Crippen molar-refractivity contribution in [2.45, 2.75) is 20.0 Å². The predicted molar refractivity (Wildman–Crippen MR) is 112 cm³/mol. The lowest BCUT2D eigenvalue weighted by atomic mass is 10.1. The molecule has 0 radical (unpaired) electrons. The van der Waals surface area contributed by atoms with Crippen molar-refractivity contribution < 1.29 is 14.0 Å². The van der Waals surface area contributed by atoms with Crippen LogP contribution < -0.4 is 9.47 Å². The Bertz CT molecular complexity index is 1010. The SMILES string of the molecule is Cc1ccccc1-c1noc(CN2CCN(Cc3cccc4c3OCCO4)CC2)n1. The molecule has 2 aromatic carbocycles. The Hall–Kier alpha value is -2.90. The number of hydrogen-bond acceptors (Lipinski definition) is 7. The van der Waals surface area contributed by atoms with Gasteiger partial charge in [-0.05, 0) is 18.6 Å². The van der Waals surface area contributed by atoms with E-state index in [-0.39, 0.29) is 0 Å². The van der Waals surface area contributed by atoms with E-state index in [1.807, 2.05) is 30.3 Å². The molecule has 1 saturated heterocycles. The number of fused-ring (bicyclic) bond motifs is 1. The number of aromatic nitrogens is 2. The van der Waals surface area contributed by atoms with Crippen LogP contribution in [0.15, 0.2) is 47.0 Å². The van der Waals surface area contributed by atoms with Gasteiger partial charge in [0.25, 0.3) is 0 Å². The summed E-state index contributed by atoms with van der Waals surface area (Å²) in [5.74, 6) is 3.10. The van der Waals surface area contributed by atoms with Gasteiger partial charge in [0.2, 0.25) is 11.7 Å². The van der Waals surface area contributed by atoms with Gasteiger partial charge < -0.3 is 14.0 Å². The second kappa shape index (κ2) is 8.45. The van der Waals surface area contributed by atoms with Crippen LogP contribution in [0.2, 0.25) is 0 Å². The van der Waals surface area contributed by atoms with Crippen LogP contribution in [0.3, 0.4) is 0 Å². The molecule has 0 bridgehead atoms. The maximum Gasteiger partial charge on any atom is 0.241 e. The Morgan fingerprint density at radius 2 is 1.63 bits per heavy atom. The van der Waals surface area contributed by atoms with Crippen molar-refractivity contribution in [1.82, 2.24) is 19.9 Å². The molecule has 7 nitrogen and oxygen atoms in total. The zero-order valence-electron chi connectivity index (χ0n) is 17.2. The second-order valence-electron chi connectivity index (χ2n) is 7.82. The lowest BCUT2D eigenvalue weighted by Crippen LogP contribution is -2.45. The van der Waals surface area contributed by atoms with Gasteiger partial charge in [-0.3, -0.25) is 9.80 Å². The molecule has 1 fully saturated rings. The van der Waals surface area contributed by atoms with E-state index in [2.05, 4.69) is 39.0 Å². The summed E-state index contributed by atoms with van der Waals surface area (Å²) >= 11 is 0. The fourth-order valence-corrected chi connectivity index (χ4v) is 4.05. The first kappa shape index (κ1) is 19.1. The number of para-hydroxylation sites is 1. The summed E-state index contributed by atoms with van der Waals surface area (Å²) in [5.41, 5.74) is 3.37. The predicted octanol–water partition coefficient (Wildman–Crippen LogP) is 3.13. The number of nitrogens with zero attached hydrogens (tertiary/aromatic N) is 4. The van der Waals surface area contributed by atoms with Gasteiger partial charge in [-0.25, -0.2) is 0 Å². The van der Waals surface area contributed by atoms with Crippen LogP contribution in [0.1, 0.15) is 17.0 Å². The average molecular weight is 406 g/mol. The van der Waals surface area contributed by atoms with Crippen LogP contribution in [-0.2, 0) is 13.1 Å². The van der Waals surface area contributed by atoms with Gasteiger partial charge in [-0.15, -0.1) is 0 Å². The number of benzene rings is 2. The highest BCUT2D eigenvalue weighted by molar-refractivity contribution is 5.58. The minimum atomic E-state index is 0.618. The largest absolute Gasteiger partial charge is 0.486 e. The van der Waals surface area contributed by atoms with Crippen molar-refractivity contribution in [2.75, 3.05) is 39.4 Å². The first-order chi connectivity index (χ1) is 14.8. The van der Waals surface area contributed by atoms with Gasteiger partial charge in [0.05, 0.1) is 6.54 Å². The third-order valence-electron chi connectivity index (χ3n) is 5.72. The van der Waals surface area contributed by atoms with Gasteiger partial charge in [0, 0.05) is 43.9 Å². The monoisotopic (exact) mass is 406 g/mol. The summed E-state index contributed by atoms with van der Waals surface area (Å²) < 4.78 is 17.1. The van der Waals surface area contributed by atoms with Gasteiger partial charge in [-0.2, -0.15) is 4.98 Å². The van der Waals surface area contributed by atoms with E-state index >= 15 is 0 Å². The van der Waals surface area contributed by atoms with Crippen LogP contribution in [0.25, 0.3) is 11.4 Å². The molecule has 0 N–H and O–H groups in total. The number of aryl methyl sites for hydroxylation is 1. The highest BCUT2D eigenvalue weighted by Gasteiger charge is 2.22. The summed E-state index contributed by atoms with van der Waals surface area (Å²) in [4.78, 5) is 9.43. The van der Waals surface area contributed by atoms with Crippen molar-refractivity contribution in [3.63, 3.8) is 0 Å². The molecule has 0 amide bonds. The molecular weight excluding hydrogens is 380 g/mol. The van der Waals surface area contributed by atoms with Gasteiger partial charge >= 0.3 is 0 Å². The molecule has 0 unspecified atom stereocenters. The lowest BCUT2D eigenvalue weighted by molar-refractivity contribution is 0.109. The highest BCUT2D eigenvalue weighted by atomic mass is 16.6. The first-order valence-electron chi connectivity index (χ1n) is 10.5. The molecule has 0 spiro atoms. The molecule has 3 heterocycles. The summed E-state index contributed by atoms with van der Waals surface area (Å²) in [6.45, 7) is 8.77. The third-order valence-corrected chi connectivity index (χ3v) is 5.72. The molecule has 0 atom stereocenters. The Kier molecular flexibility index (Phi) is 5.38. The maximum absolute atomic E-state index is 5.85. The number of hydrogen-bond donors (Lipinski definition) is 0. The zero-order chi connectivity index (χ0) is 20.3. The van der Waals surface area contributed by atoms with E-state index in [0.29, 0.717) is 31.5 Å². The van der Waals surface area contributed by atoms with E-state index in [1.54, 1.807) is 0 Å². The summed E-state index contributed by atoms with van der Waals surface area (Å²) in [6.07, 6.45) is 0. The van der Waals surface area contributed by atoms with Crippen LogP contribution in [-0.4, -0.2) is 59.3 Å². The second-order valence-corrected chi connectivity index (χ2v) is 7.82. The van der Waals surface area contributed by atoms with Crippen LogP contribution in [0.4, 0.5) is 0 Å². The van der Waals surface area contributed by atoms with E-state index in [4.69, 9.17) is 14.0 Å². The lowest BCUT2D eigenvalue weighted by Gasteiger charge is -2.34.